The first-order valence-electron chi connectivity index (χ1n) is 7.86. The molecule has 0 aliphatic carbocycles. The van der Waals surface area contributed by atoms with Gasteiger partial charge in [-0.2, -0.15) is 5.10 Å². The molecule has 0 spiro atoms. The van der Waals surface area contributed by atoms with Crippen molar-refractivity contribution in [3.63, 3.8) is 0 Å². The maximum absolute atomic E-state index is 10.5. The van der Waals surface area contributed by atoms with Gasteiger partial charge in [-0.1, -0.05) is 41.4 Å². The number of hydrogen-bond acceptors (Lipinski definition) is 5. The lowest BCUT2D eigenvalue weighted by Gasteiger charge is -2.10. The quantitative estimate of drug-likeness (QED) is 0.559. The highest BCUT2D eigenvalue weighted by atomic mass is 35.5. The van der Waals surface area contributed by atoms with Crippen molar-refractivity contribution in [2.75, 3.05) is 0 Å². The smallest absolute Gasteiger partial charge is 0.182 e. The monoisotopic (exact) mass is 388 g/mol. The Bertz CT molecular complexity index is 1060. The van der Waals surface area contributed by atoms with Crippen molar-refractivity contribution in [1.82, 2.24) is 30.4 Å². The molecule has 2 heterocycles. The minimum absolute atomic E-state index is 0.279. The number of aliphatic hydroxyl groups excluding tert-OH is 1. The Labute approximate surface area is 158 Å². The van der Waals surface area contributed by atoms with Crippen molar-refractivity contribution in [2.24, 2.45) is 0 Å². The van der Waals surface area contributed by atoms with Crippen LogP contribution >= 0.6 is 23.2 Å². The van der Waals surface area contributed by atoms with Crippen LogP contribution < -0.4 is 0 Å². The van der Waals surface area contributed by atoms with E-state index >= 15 is 0 Å². The van der Waals surface area contributed by atoms with E-state index in [0.29, 0.717) is 22.2 Å². The molecule has 2 N–H and O–H groups in total. The summed E-state index contributed by atoms with van der Waals surface area (Å²) in [6, 6.07) is 11.0. The number of halogens is 2. The molecular formula is C17H14Cl2N6O. The number of tetrazole rings is 1. The van der Waals surface area contributed by atoms with Crippen molar-refractivity contribution in [1.29, 1.82) is 0 Å². The fourth-order valence-corrected chi connectivity index (χ4v) is 3.44. The summed E-state index contributed by atoms with van der Waals surface area (Å²) in [4.78, 5) is 0. The van der Waals surface area contributed by atoms with Gasteiger partial charge in [0.15, 0.2) is 5.82 Å². The highest BCUT2D eigenvalue weighted by Crippen LogP contribution is 2.29. The lowest BCUT2D eigenvalue weighted by atomic mass is 10.1. The molecule has 0 amide bonds. The molecule has 7 nitrogen and oxygen atoms in total. The van der Waals surface area contributed by atoms with Crippen LogP contribution in [0.2, 0.25) is 10.0 Å². The predicted molar refractivity (Wildman–Crippen MR) is 98.3 cm³/mol. The third-order valence-electron chi connectivity index (χ3n) is 4.27. The van der Waals surface area contributed by atoms with Crippen molar-refractivity contribution in [2.45, 2.75) is 19.6 Å². The van der Waals surface area contributed by atoms with Crippen molar-refractivity contribution in [3.8, 4) is 0 Å². The van der Waals surface area contributed by atoms with E-state index in [0.717, 1.165) is 22.2 Å². The molecule has 1 atom stereocenters. The average molecular weight is 389 g/mol. The Hall–Kier alpha value is -2.48. The standard InChI is InChI=1S/C17H14Cl2N6O/c1-9-11-6-5-10(16(26)17-20-23-24-21-17)7-15(11)25(22-9)8-12-13(18)3-2-4-14(12)19/h2-7,16,26H,8H2,1H3,(H,20,21,23,24). The maximum atomic E-state index is 10.5. The molecule has 1 unspecified atom stereocenters. The summed E-state index contributed by atoms with van der Waals surface area (Å²) in [7, 11) is 0. The number of benzene rings is 2. The minimum atomic E-state index is -0.957. The lowest BCUT2D eigenvalue weighted by molar-refractivity contribution is 0.210. The molecule has 4 aromatic rings. The molecule has 0 fully saturated rings. The number of rotatable bonds is 4. The third-order valence-corrected chi connectivity index (χ3v) is 4.97. The van der Waals surface area contributed by atoms with Crippen LogP contribution in [0.3, 0.4) is 0 Å². The molecule has 132 valence electrons. The van der Waals surface area contributed by atoms with Crippen LogP contribution in [0.4, 0.5) is 0 Å². The minimum Gasteiger partial charge on any atom is -0.380 e. The van der Waals surface area contributed by atoms with Crippen LogP contribution in [0.15, 0.2) is 36.4 Å². The number of H-pyrrole nitrogens is 1. The van der Waals surface area contributed by atoms with E-state index in [9.17, 15) is 5.11 Å². The van der Waals surface area contributed by atoms with Gasteiger partial charge in [-0.25, -0.2) is 5.10 Å². The summed E-state index contributed by atoms with van der Waals surface area (Å²) < 4.78 is 1.83. The number of nitrogens with one attached hydrogen (secondary N) is 1. The van der Waals surface area contributed by atoms with Gasteiger partial charge in [0.05, 0.1) is 17.8 Å². The van der Waals surface area contributed by atoms with E-state index in [-0.39, 0.29) is 5.82 Å². The van der Waals surface area contributed by atoms with Gasteiger partial charge in [-0.05, 0) is 41.1 Å². The summed E-state index contributed by atoms with van der Waals surface area (Å²) in [5, 5.41) is 30.6. The summed E-state index contributed by atoms with van der Waals surface area (Å²) in [6.07, 6.45) is -0.957. The summed E-state index contributed by atoms with van der Waals surface area (Å²) in [5.41, 5.74) is 3.20. The second-order valence-corrected chi connectivity index (χ2v) is 6.72. The second-order valence-electron chi connectivity index (χ2n) is 5.91. The molecule has 0 bridgehead atoms. The van der Waals surface area contributed by atoms with E-state index in [1.807, 2.05) is 29.8 Å². The molecule has 26 heavy (non-hydrogen) atoms. The van der Waals surface area contributed by atoms with Crippen LogP contribution in [0.1, 0.15) is 28.7 Å². The van der Waals surface area contributed by atoms with Crippen LogP contribution in [0, 0.1) is 6.92 Å². The molecule has 4 rings (SSSR count). The molecule has 2 aromatic carbocycles. The molecule has 9 heteroatoms. The van der Waals surface area contributed by atoms with Gasteiger partial charge >= 0.3 is 0 Å². The Morgan fingerprint density at radius 2 is 1.96 bits per heavy atom. The summed E-state index contributed by atoms with van der Waals surface area (Å²) >= 11 is 12.6. The van der Waals surface area contributed by atoms with Gasteiger partial charge in [0.1, 0.15) is 6.10 Å². The zero-order chi connectivity index (χ0) is 18.3. The van der Waals surface area contributed by atoms with Crippen LogP contribution in [0.25, 0.3) is 10.9 Å². The first-order chi connectivity index (χ1) is 12.5. The van der Waals surface area contributed by atoms with E-state index in [1.54, 1.807) is 18.2 Å². The van der Waals surface area contributed by atoms with Crippen molar-refractivity contribution < 1.29 is 5.11 Å². The van der Waals surface area contributed by atoms with E-state index in [1.165, 1.54) is 0 Å². The normalized spacial score (nSPS) is 12.6. The molecule has 0 aliphatic rings. The molecular weight excluding hydrogens is 375 g/mol. The van der Waals surface area contributed by atoms with Gasteiger partial charge in [-0.3, -0.25) is 4.68 Å². The first-order valence-corrected chi connectivity index (χ1v) is 8.62. The van der Waals surface area contributed by atoms with Gasteiger partial charge in [0.2, 0.25) is 0 Å². The number of aliphatic hydroxyl groups is 1. The van der Waals surface area contributed by atoms with Crippen LogP contribution in [0.5, 0.6) is 0 Å². The molecule has 0 saturated heterocycles. The van der Waals surface area contributed by atoms with Gasteiger partial charge < -0.3 is 5.11 Å². The number of aromatic amines is 1. The fourth-order valence-electron chi connectivity index (χ4n) is 2.92. The largest absolute Gasteiger partial charge is 0.380 e. The molecule has 0 radical (unpaired) electrons. The predicted octanol–water partition coefficient (Wildman–Crippen LogP) is 3.29. The summed E-state index contributed by atoms with van der Waals surface area (Å²) in [6.45, 7) is 2.36. The zero-order valence-corrected chi connectivity index (χ0v) is 15.2. The number of nitrogens with zero attached hydrogens (tertiary/aromatic N) is 5. The van der Waals surface area contributed by atoms with Gasteiger partial charge in [0.25, 0.3) is 0 Å². The Kier molecular flexibility index (Phi) is 4.36. The van der Waals surface area contributed by atoms with Gasteiger partial charge in [0, 0.05) is 21.0 Å². The Balaban J connectivity index is 1.79. The van der Waals surface area contributed by atoms with E-state index < -0.39 is 6.10 Å². The number of aromatic nitrogens is 6. The summed E-state index contributed by atoms with van der Waals surface area (Å²) in [5.74, 6) is 0.279. The second kappa shape index (κ2) is 6.68. The van der Waals surface area contributed by atoms with Crippen molar-refractivity contribution in [3.05, 3.63) is 69.1 Å². The fraction of sp³-hybridized carbons (Fsp3) is 0.176. The average Bonchev–Trinajstić information content (AvgIpc) is 3.26. The molecule has 0 aliphatic heterocycles. The third kappa shape index (κ3) is 2.94. The SMILES string of the molecule is Cc1nn(Cc2c(Cl)cccc2Cl)c2cc(C(O)c3nnn[nH]3)ccc12. The van der Waals surface area contributed by atoms with Gasteiger partial charge in [-0.15, -0.1) is 5.10 Å². The van der Waals surface area contributed by atoms with Crippen LogP contribution in [-0.4, -0.2) is 35.5 Å². The maximum Gasteiger partial charge on any atom is 0.182 e. The Morgan fingerprint density at radius 3 is 2.65 bits per heavy atom. The highest BCUT2D eigenvalue weighted by molar-refractivity contribution is 6.36. The van der Waals surface area contributed by atoms with Crippen LogP contribution in [-0.2, 0) is 6.54 Å². The number of hydrogen-bond donors (Lipinski definition) is 2. The van der Waals surface area contributed by atoms with E-state index in [2.05, 4.69) is 25.7 Å². The lowest BCUT2D eigenvalue weighted by Crippen LogP contribution is -2.05. The Morgan fingerprint density at radius 1 is 1.19 bits per heavy atom. The number of fused-ring (bicyclic) bond motifs is 1. The van der Waals surface area contributed by atoms with E-state index in [4.69, 9.17) is 23.2 Å². The molecule has 2 aromatic heterocycles. The number of aryl methyl sites for hydroxylation is 1. The first kappa shape index (κ1) is 17.0. The topological polar surface area (TPSA) is 92.5 Å². The zero-order valence-electron chi connectivity index (χ0n) is 13.7. The highest BCUT2D eigenvalue weighted by Gasteiger charge is 2.17. The van der Waals surface area contributed by atoms with Crippen molar-refractivity contribution >= 4 is 34.1 Å². The molecule has 0 saturated carbocycles.